The molecule has 10 heteroatoms. The Balaban J connectivity index is 1.54. The molecule has 1 aromatic carbocycles. The van der Waals surface area contributed by atoms with Gasteiger partial charge >= 0.3 is 5.97 Å². The van der Waals surface area contributed by atoms with Crippen LogP contribution in [-0.4, -0.2) is 45.0 Å². The lowest BCUT2D eigenvalue weighted by atomic mass is 10.1. The van der Waals surface area contributed by atoms with Gasteiger partial charge in [0, 0.05) is 25.0 Å². The first-order valence-electron chi connectivity index (χ1n) is 10.1. The van der Waals surface area contributed by atoms with E-state index < -0.39 is 5.97 Å². The zero-order chi connectivity index (χ0) is 22.7. The first kappa shape index (κ1) is 22.3. The molecule has 0 saturated carbocycles. The Morgan fingerprint density at radius 3 is 2.69 bits per heavy atom. The maximum absolute atomic E-state index is 11.6. The van der Waals surface area contributed by atoms with Crippen molar-refractivity contribution in [2.75, 3.05) is 19.0 Å². The molecule has 2 N–H and O–H groups in total. The molecule has 0 amide bonds. The molecule has 32 heavy (non-hydrogen) atoms. The van der Waals surface area contributed by atoms with Crippen LogP contribution in [0.2, 0.25) is 0 Å². The fourth-order valence-electron chi connectivity index (χ4n) is 3.30. The molecule has 0 aliphatic rings. The topological polar surface area (TPSA) is 110 Å². The molecule has 4 aromatic rings. The first-order valence-corrected chi connectivity index (χ1v) is 11.8. The predicted octanol–water partition coefficient (Wildman–Crippen LogP) is 4.77. The number of anilines is 2. The van der Waals surface area contributed by atoms with E-state index in [-0.39, 0.29) is 5.69 Å². The number of ether oxygens (including phenoxy) is 1. The summed E-state index contributed by atoms with van der Waals surface area (Å²) >= 11 is 2.98. The summed E-state index contributed by atoms with van der Waals surface area (Å²) in [6.07, 6.45) is 1.82. The minimum absolute atomic E-state index is 0.123. The predicted molar refractivity (Wildman–Crippen MR) is 126 cm³/mol. The number of carboxylic acid groups (broad SMARTS) is 1. The molecule has 0 bridgehead atoms. The fraction of sp³-hybridized carbons (Fsp3) is 0.318. The number of carbonyl (C=O) groups is 1. The molecule has 8 nitrogen and oxygen atoms in total. The lowest BCUT2D eigenvalue weighted by Gasteiger charge is -2.10. The summed E-state index contributed by atoms with van der Waals surface area (Å²) in [5.74, 6) is -0.342. The van der Waals surface area contributed by atoms with Crippen molar-refractivity contribution in [1.82, 2.24) is 20.2 Å². The Morgan fingerprint density at radius 2 is 1.94 bits per heavy atom. The van der Waals surface area contributed by atoms with Crippen LogP contribution in [-0.2, 0) is 17.6 Å². The summed E-state index contributed by atoms with van der Waals surface area (Å²) in [5, 5.41) is 23.1. The second-order valence-electron chi connectivity index (χ2n) is 7.31. The number of fused-ring (bicyclic) bond motifs is 1. The second-order valence-corrected chi connectivity index (χ2v) is 9.51. The van der Waals surface area contributed by atoms with Crippen LogP contribution < -0.4 is 5.32 Å². The van der Waals surface area contributed by atoms with Crippen molar-refractivity contribution >= 4 is 49.8 Å². The standard InChI is InChI=1S/C22H23N5O3S2/c1-12-13(2)20(25-22-23-14-7-4-5-8-16(14)32-22)27-26-15(12)11-18-24-19(21(28)29)17(31-18)9-6-10-30-3/h4-5,7-8H,6,9-11H2,1-3H3,(H,28,29)(H,23,25,27). The number of thiazole rings is 2. The third-order valence-electron chi connectivity index (χ3n) is 5.16. The van der Waals surface area contributed by atoms with Gasteiger partial charge in [0.05, 0.1) is 20.9 Å². The van der Waals surface area contributed by atoms with Crippen molar-refractivity contribution in [2.24, 2.45) is 0 Å². The Morgan fingerprint density at radius 1 is 1.12 bits per heavy atom. The highest BCUT2D eigenvalue weighted by Gasteiger charge is 2.19. The molecule has 0 aliphatic heterocycles. The number of hydrogen-bond acceptors (Lipinski definition) is 9. The largest absolute Gasteiger partial charge is 0.476 e. The number of benzene rings is 1. The van der Waals surface area contributed by atoms with Crippen molar-refractivity contribution in [3.05, 3.63) is 56.7 Å². The van der Waals surface area contributed by atoms with E-state index in [1.807, 2.05) is 38.1 Å². The normalized spacial score (nSPS) is 11.2. The van der Waals surface area contributed by atoms with Crippen LogP contribution in [0.3, 0.4) is 0 Å². The molecule has 0 saturated heterocycles. The highest BCUT2D eigenvalue weighted by Crippen LogP contribution is 2.30. The summed E-state index contributed by atoms with van der Waals surface area (Å²) in [6.45, 7) is 4.57. The van der Waals surface area contributed by atoms with E-state index in [0.717, 1.165) is 48.5 Å². The van der Waals surface area contributed by atoms with Gasteiger partial charge in [0.15, 0.2) is 16.6 Å². The summed E-state index contributed by atoms with van der Waals surface area (Å²) < 4.78 is 6.18. The van der Waals surface area contributed by atoms with Crippen LogP contribution >= 0.6 is 22.7 Å². The monoisotopic (exact) mass is 469 g/mol. The number of nitrogens with zero attached hydrogens (tertiary/aromatic N) is 4. The van der Waals surface area contributed by atoms with Crippen LogP contribution in [0.25, 0.3) is 10.2 Å². The van der Waals surface area contributed by atoms with Gasteiger partial charge in [-0.1, -0.05) is 23.5 Å². The third kappa shape index (κ3) is 4.77. The van der Waals surface area contributed by atoms with Gasteiger partial charge in [0.25, 0.3) is 0 Å². The Labute approximate surface area is 193 Å². The van der Waals surface area contributed by atoms with Crippen molar-refractivity contribution in [3.63, 3.8) is 0 Å². The maximum atomic E-state index is 11.6. The molecule has 0 radical (unpaired) electrons. The SMILES string of the molecule is COCCCc1sc(Cc2nnc(Nc3nc4ccccc4s3)c(C)c2C)nc1C(=O)O. The number of hydrogen-bond donors (Lipinski definition) is 2. The number of aryl methyl sites for hydroxylation is 1. The van der Waals surface area contributed by atoms with E-state index in [1.165, 1.54) is 11.3 Å². The van der Waals surface area contributed by atoms with Crippen LogP contribution in [0, 0.1) is 13.8 Å². The Bertz CT molecular complexity index is 1230. The van der Waals surface area contributed by atoms with Gasteiger partial charge in [-0.2, -0.15) is 5.10 Å². The zero-order valence-corrected chi connectivity index (χ0v) is 19.6. The van der Waals surface area contributed by atoms with E-state index >= 15 is 0 Å². The van der Waals surface area contributed by atoms with Crippen molar-refractivity contribution in [1.29, 1.82) is 0 Å². The Hall–Kier alpha value is -2.95. The molecular formula is C22H23N5O3S2. The van der Waals surface area contributed by atoms with Crippen LogP contribution in [0.5, 0.6) is 0 Å². The lowest BCUT2D eigenvalue weighted by Crippen LogP contribution is -2.06. The molecule has 3 aromatic heterocycles. The number of aromatic nitrogens is 4. The van der Waals surface area contributed by atoms with E-state index in [4.69, 9.17) is 4.74 Å². The van der Waals surface area contributed by atoms with Crippen molar-refractivity contribution in [2.45, 2.75) is 33.1 Å². The smallest absolute Gasteiger partial charge is 0.355 e. The third-order valence-corrected chi connectivity index (χ3v) is 7.22. The molecular weight excluding hydrogens is 446 g/mol. The number of aromatic carboxylic acids is 1. The molecule has 166 valence electrons. The minimum atomic E-state index is -1.01. The Kier molecular flexibility index (Phi) is 6.73. The fourth-order valence-corrected chi connectivity index (χ4v) is 5.27. The van der Waals surface area contributed by atoms with E-state index in [2.05, 4.69) is 25.5 Å². The number of rotatable bonds is 9. The molecule has 0 atom stereocenters. The highest BCUT2D eigenvalue weighted by molar-refractivity contribution is 7.22. The number of carboxylic acids is 1. The van der Waals surface area contributed by atoms with E-state index in [1.54, 1.807) is 18.4 Å². The molecule has 0 fully saturated rings. The van der Waals surface area contributed by atoms with Gasteiger partial charge in [-0.15, -0.1) is 16.4 Å². The van der Waals surface area contributed by atoms with Gasteiger partial charge < -0.3 is 15.2 Å². The number of para-hydroxylation sites is 1. The van der Waals surface area contributed by atoms with Gasteiger partial charge in [-0.05, 0) is 49.9 Å². The first-order chi connectivity index (χ1) is 15.5. The van der Waals surface area contributed by atoms with Gasteiger partial charge in [-0.25, -0.2) is 14.8 Å². The van der Waals surface area contributed by atoms with Crippen molar-refractivity contribution < 1.29 is 14.6 Å². The van der Waals surface area contributed by atoms with Gasteiger partial charge in [-0.3, -0.25) is 0 Å². The average molecular weight is 470 g/mol. The molecule has 0 spiro atoms. The molecule has 0 unspecified atom stereocenters. The summed E-state index contributed by atoms with van der Waals surface area (Å²) in [5.41, 5.74) is 3.82. The minimum Gasteiger partial charge on any atom is -0.476 e. The highest BCUT2D eigenvalue weighted by atomic mass is 32.1. The summed E-state index contributed by atoms with van der Waals surface area (Å²) in [4.78, 5) is 21.3. The maximum Gasteiger partial charge on any atom is 0.355 e. The van der Waals surface area contributed by atoms with Gasteiger partial charge in [0.1, 0.15) is 0 Å². The molecule has 3 heterocycles. The van der Waals surface area contributed by atoms with Crippen LogP contribution in [0.15, 0.2) is 24.3 Å². The summed E-state index contributed by atoms with van der Waals surface area (Å²) in [7, 11) is 1.63. The second kappa shape index (κ2) is 9.68. The average Bonchev–Trinajstić information content (AvgIpc) is 3.37. The summed E-state index contributed by atoms with van der Waals surface area (Å²) in [6, 6.07) is 7.97. The van der Waals surface area contributed by atoms with Crippen LogP contribution in [0.4, 0.5) is 10.9 Å². The van der Waals surface area contributed by atoms with E-state index in [0.29, 0.717) is 25.3 Å². The van der Waals surface area contributed by atoms with E-state index in [9.17, 15) is 9.90 Å². The van der Waals surface area contributed by atoms with Crippen LogP contribution in [0.1, 0.15) is 43.6 Å². The quantitative estimate of drug-likeness (QED) is 0.337. The lowest BCUT2D eigenvalue weighted by molar-refractivity contribution is 0.0689. The zero-order valence-electron chi connectivity index (χ0n) is 18.0. The van der Waals surface area contributed by atoms with Gasteiger partial charge in [0.2, 0.25) is 0 Å². The number of methoxy groups -OCH3 is 1. The number of nitrogens with one attached hydrogen (secondary N) is 1. The molecule has 0 aliphatic carbocycles. The molecule has 4 rings (SSSR count). The van der Waals surface area contributed by atoms with Crippen molar-refractivity contribution in [3.8, 4) is 0 Å².